The van der Waals surface area contributed by atoms with E-state index in [1.807, 2.05) is 84.9 Å². The summed E-state index contributed by atoms with van der Waals surface area (Å²) in [5.74, 6) is -1.75. The Labute approximate surface area is 318 Å². The molecule has 0 aliphatic carbocycles. The highest BCUT2D eigenvalue weighted by atomic mass is 17.2. The zero-order valence-electron chi connectivity index (χ0n) is 31.4. The summed E-state index contributed by atoms with van der Waals surface area (Å²) in [7, 11) is 0. The zero-order valence-corrected chi connectivity index (χ0v) is 31.4. The van der Waals surface area contributed by atoms with Crippen LogP contribution in [0.5, 0.6) is 0 Å². The Balaban J connectivity index is 0.000000212. The number of carbonyl (C=O) groups is 3. The Kier molecular flexibility index (Phi) is 15.5. The number of ether oxygens (including phenoxy) is 1. The van der Waals surface area contributed by atoms with Gasteiger partial charge in [-0.05, 0) is 94.5 Å². The molecule has 6 rings (SSSR count). The molecule has 1 heterocycles. The summed E-state index contributed by atoms with van der Waals surface area (Å²) in [6.07, 6.45) is 4.80. The van der Waals surface area contributed by atoms with Crippen molar-refractivity contribution >= 4 is 24.0 Å². The van der Waals surface area contributed by atoms with Gasteiger partial charge in [0.15, 0.2) is 0 Å². The summed E-state index contributed by atoms with van der Waals surface area (Å²) in [6, 6.07) is 45.7. The maximum Gasteiger partial charge on any atom is 0.386 e. The second-order valence-electron chi connectivity index (χ2n) is 13.8. The normalized spacial score (nSPS) is 14.7. The molecule has 1 aliphatic heterocycles. The van der Waals surface area contributed by atoms with Crippen molar-refractivity contribution in [3.63, 3.8) is 0 Å². The quantitative estimate of drug-likeness (QED) is 0.0842. The Morgan fingerprint density at radius 2 is 0.963 bits per heavy atom. The smallest absolute Gasteiger partial charge is 0.386 e. The van der Waals surface area contributed by atoms with E-state index >= 15 is 0 Å². The number of piperidine rings is 1. The SMILES string of the molecule is C=Cc1ccccc1.CC1(C)CCCC(C)(C)N1OC(COC(=O)c1ccccc1)c1ccccc1.O=C(OOC(=O)c1ccccc1)c1ccccc1. The van der Waals surface area contributed by atoms with Crippen LogP contribution in [-0.4, -0.2) is 40.7 Å². The highest BCUT2D eigenvalue weighted by Gasteiger charge is 2.44. The van der Waals surface area contributed by atoms with Crippen molar-refractivity contribution in [3.8, 4) is 0 Å². The van der Waals surface area contributed by atoms with Crippen molar-refractivity contribution in [1.29, 1.82) is 0 Å². The van der Waals surface area contributed by atoms with Gasteiger partial charge in [-0.3, -0.25) is 4.84 Å². The minimum Gasteiger partial charge on any atom is -0.459 e. The van der Waals surface area contributed by atoms with Gasteiger partial charge in [0.05, 0.1) is 16.7 Å². The molecule has 0 radical (unpaired) electrons. The Morgan fingerprint density at radius 3 is 1.35 bits per heavy atom. The number of esters is 1. The van der Waals surface area contributed by atoms with E-state index in [9.17, 15) is 14.4 Å². The average molecular weight is 728 g/mol. The second kappa shape index (κ2) is 20.4. The fourth-order valence-corrected chi connectivity index (χ4v) is 5.96. The molecule has 8 nitrogen and oxygen atoms in total. The van der Waals surface area contributed by atoms with E-state index in [0.717, 1.165) is 18.4 Å². The van der Waals surface area contributed by atoms with Crippen LogP contribution in [0.4, 0.5) is 0 Å². The highest BCUT2D eigenvalue weighted by molar-refractivity contribution is 5.92. The molecule has 1 unspecified atom stereocenters. The van der Waals surface area contributed by atoms with Crippen LogP contribution in [0.1, 0.15) is 95.3 Å². The number of nitrogens with zero attached hydrogens (tertiary/aromatic N) is 1. The van der Waals surface area contributed by atoms with Crippen LogP contribution in [0.2, 0.25) is 0 Å². The topological polar surface area (TPSA) is 91.4 Å². The summed E-state index contributed by atoms with van der Waals surface area (Å²) in [5, 5.41) is 2.12. The Hall–Kier alpha value is -5.83. The van der Waals surface area contributed by atoms with Gasteiger partial charge < -0.3 is 4.74 Å². The lowest BCUT2D eigenvalue weighted by atomic mass is 9.82. The first kappa shape index (κ1) is 40.9. The van der Waals surface area contributed by atoms with Crippen LogP contribution < -0.4 is 0 Å². The summed E-state index contributed by atoms with van der Waals surface area (Å²) in [5.41, 5.74) is 3.19. The summed E-state index contributed by atoms with van der Waals surface area (Å²) in [4.78, 5) is 50.9. The molecular weight excluding hydrogens is 679 g/mol. The summed E-state index contributed by atoms with van der Waals surface area (Å²) >= 11 is 0. The fraction of sp³-hybridized carbons (Fsp3) is 0.239. The van der Waals surface area contributed by atoms with Gasteiger partial charge in [0.25, 0.3) is 0 Å². The molecule has 1 saturated heterocycles. The molecule has 0 saturated carbocycles. The van der Waals surface area contributed by atoms with Gasteiger partial charge in [-0.1, -0.05) is 128 Å². The fourth-order valence-electron chi connectivity index (χ4n) is 5.96. The van der Waals surface area contributed by atoms with Gasteiger partial charge in [-0.25, -0.2) is 24.2 Å². The molecule has 1 atom stereocenters. The van der Waals surface area contributed by atoms with Crippen LogP contribution >= 0.6 is 0 Å². The first-order chi connectivity index (χ1) is 26.0. The lowest BCUT2D eigenvalue weighted by molar-refractivity contribution is -0.311. The number of hydrogen-bond donors (Lipinski definition) is 0. The van der Waals surface area contributed by atoms with E-state index in [0.29, 0.717) is 16.7 Å². The first-order valence-electron chi connectivity index (χ1n) is 17.9. The standard InChI is InChI=1S/C24H31NO3.C14H10O4.C8H8/c1-23(2)16-11-17-24(3,4)25(23)28-21(19-12-7-5-8-13-19)18-27-22(26)20-14-9-6-10-15-20;15-13(11-7-3-1-4-8-11)17-18-14(16)12-9-5-2-6-10-12;1-2-8-6-4-3-5-7-8/h5-10,12-15,21H,11,16-18H2,1-4H3;1-10H;2-7H,1H2. The molecule has 5 aromatic rings. The van der Waals surface area contributed by atoms with Crippen molar-refractivity contribution in [1.82, 2.24) is 5.06 Å². The highest BCUT2D eigenvalue weighted by Crippen LogP contribution is 2.40. The average Bonchev–Trinajstić information content (AvgIpc) is 3.21. The van der Waals surface area contributed by atoms with Gasteiger partial charge >= 0.3 is 17.9 Å². The lowest BCUT2D eigenvalue weighted by Crippen LogP contribution is -2.58. The van der Waals surface area contributed by atoms with Crippen molar-refractivity contribution in [3.05, 3.63) is 186 Å². The summed E-state index contributed by atoms with van der Waals surface area (Å²) in [6.45, 7) is 12.7. The number of carbonyl (C=O) groups excluding carboxylic acids is 3. The number of rotatable bonds is 9. The van der Waals surface area contributed by atoms with Crippen molar-refractivity contribution in [2.24, 2.45) is 0 Å². The van der Waals surface area contributed by atoms with Gasteiger partial charge in [0, 0.05) is 11.1 Å². The van der Waals surface area contributed by atoms with E-state index in [1.54, 1.807) is 72.8 Å². The molecule has 0 N–H and O–H groups in total. The number of hydroxylamine groups is 2. The number of hydrogen-bond acceptors (Lipinski definition) is 8. The first-order valence-corrected chi connectivity index (χ1v) is 17.9. The van der Waals surface area contributed by atoms with Crippen molar-refractivity contribution in [2.75, 3.05) is 6.61 Å². The number of benzene rings is 5. The minimum atomic E-state index is -0.708. The van der Waals surface area contributed by atoms with Gasteiger partial charge in [0.2, 0.25) is 0 Å². The third kappa shape index (κ3) is 12.7. The molecule has 1 aliphatic rings. The third-order valence-electron chi connectivity index (χ3n) is 8.70. The van der Waals surface area contributed by atoms with Crippen LogP contribution in [0.3, 0.4) is 0 Å². The molecule has 0 aromatic heterocycles. The van der Waals surface area contributed by atoms with Crippen LogP contribution in [0, 0.1) is 0 Å². The van der Waals surface area contributed by atoms with E-state index < -0.39 is 11.9 Å². The molecular formula is C46H49NO7. The molecule has 1 fully saturated rings. The van der Waals surface area contributed by atoms with E-state index in [-0.39, 0.29) is 29.8 Å². The molecule has 0 amide bonds. The molecule has 280 valence electrons. The van der Waals surface area contributed by atoms with Crippen LogP contribution in [-0.2, 0) is 19.3 Å². The molecule has 0 bridgehead atoms. The predicted molar refractivity (Wildman–Crippen MR) is 211 cm³/mol. The van der Waals surface area contributed by atoms with Crippen molar-refractivity contribution in [2.45, 2.75) is 64.1 Å². The largest absolute Gasteiger partial charge is 0.459 e. The maximum absolute atomic E-state index is 12.4. The second-order valence-corrected chi connectivity index (χ2v) is 13.8. The third-order valence-corrected chi connectivity index (χ3v) is 8.70. The molecule has 0 spiro atoms. The van der Waals surface area contributed by atoms with E-state index in [4.69, 9.17) is 9.57 Å². The minimum absolute atomic E-state index is 0.0851. The van der Waals surface area contributed by atoms with Gasteiger partial charge in [-0.15, -0.1) is 0 Å². The zero-order chi connectivity index (χ0) is 38.8. The van der Waals surface area contributed by atoms with Crippen LogP contribution in [0.15, 0.2) is 158 Å². The Bertz CT molecular complexity index is 1810. The maximum atomic E-state index is 12.4. The Morgan fingerprint density at radius 1 is 0.593 bits per heavy atom. The monoisotopic (exact) mass is 727 g/mol. The van der Waals surface area contributed by atoms with Gasteiger partial charge in [0.1, 0.15) is 12.7 Å². The van der Waals surface area contributed by atoms with Gasteiger partial charge in [-0.2, -0.15) is 5.06 Å². The van der Waals surface area contributed by atoms with Crippen molar-refractivity contribution < 1.29 is 33.7 Å². The van der Waals surface area contributed by atoms with E-state index in [1.165, 1.54) is 12.0 Å². The van der Waals surface area contributed by atoms with E-state index in [2.05, 4.69) is 49.1 Å². The molecule has 5 aromatic carbocycles. The summed E-state index contributed by atoms with van der Waals surface area (Å²) < 4.78 is 5.63. The molecule has 8 heteroatoms. The predicted octanol–water partition coefficient (Wildman–Crippen LogP) is 10.5. The lowest BCUT2D eigenvalue weighted by Gasteiger charge is -2.52. The van der Waals surface area contributed by atoms with Crippen LogP contribution in [0.25, 0.3) is 6.08 Å². The molecule has 54 heavy (non-hydrogen) atoms.